The van der Waals surface area contributed by atoms with Crippen LogP contribution in [0.15, 0.2) is 4.90 Å². The van der Waals surface area contributed by atoms with E-state index in [9.17, 15) is 0 Å². The van der Waals surface area contributed by atoms with E-state index in [1.54, 1.807) is 11.8 Å². The number of hydrogen-bond acceptors (Lipinski definition) is 6. The van der Waals surface area contributed by atoms with Crippen LogP contribution >= 0.6 is 23.3 Å². The molecule has 1 aromatic rings. The summed E-state index contributed by atoms with van der Waals surface area (Å²) in [4.78, 5) is 3.60. The fraction of sp³-hybridized carbons (Fsp3) is 0.727. The van der Waals surface area contributed by atoms with E-state index in [2.05, 4.69) is 21.5 Å². The third kappa shape index (κ3) is 3.05. The van der Waals surface area contributed by atoms with Crippen molar-refractivity contribution in [1.29, 1.82) is 0 Å². The molecule has 1 unspecified atom stereocenters. The summed E-state index contributed by atoms with van der Waals surface area (Å²) in [7, 11) is 0. The van der Waals surface area contributed by atoms with Crippen LogP contribution in [-0.2, 0) is 0 Å². The number of likely N-dealkylation sites (tertiary alicyclic amines) is 1. The largest absolute Gasteiger partial charge is 0.382 e. The van der Waals surface area contributed by atoms with Crippen molar-refractivity contribution in [3.05, 3.63) is 0 Å². The molecule has 4 nitrogen and oxygen atoms in total. The lowest BCUT2D eigenvalue weighted by molar-refractivity contribution is 0.345. The van der Waals surface area contributed by atoms with Crippen LogP contribution in [0.4, 0.5) is 10.8 Å². The van der Waals surface area contributed by atoms with Gasteiger partial charge in [0.1, 0.15) is 5.00 Å². The SMILES string of the molecule is CCN1CCC(CNc2snc(N)c2SC)C1. The van der Waals surface area contributed by atoms with Crippen molar-refractivity contribution in [3.63, 3.8) is 0 Å². The molecule has 0 spiro atoms. The van der Waals surface area contributed by atoms with E-state index in [1.807, 2.05) is 6.26 Å². The van der Waals surface area contributed by atoms with Crippen molar-refractivity contribution in [2.45, 2.75) is 18.2 Å². The normalized spacial score (nSPS) is 20.9. The zero-order chi connectivity index (χ0) is 12.3. The molecule has 1 aliphatic heterocycles. The number of nitrogens with zero attached hydrogens (tertiary/aromatic N) is 2. The summed E-state index contributed by atoms with van der Waals surface area (Å²) in [5.74, 6) is 1.42. The highest BCUT2D eigenvalue weighted by atomic mass is 32.2. The Labute approximate surface area is 111 Å². The Balaban J connectivity index is 1.86. The third-order valence-corrected chi connectivity index (χ3v) is 5.02. The lowest BCUT2D eigenvalue weighted by Gasteiger charge is -2.14. The standard InChI is InChI=1S/C11H20N4S2/c1-3-15-5-4-8(7-15)6-13-11-9(16-2)10(12)14-17-11/h8,13H,3-7H2,1-2H3,(H2,12,14). The van der Waals surface area contributed by atoms with Crippen molar-refractivity contribution in [3.8, 4) is 0 Å². The molecule has 0 amide bonds. The van der Waals surface area contributed by atoms with Crippen molar-refractivity contribution >= 4 is 34.1 Å². The molecule has 1 saturated heterocycles. The van der Waals surface area contributed by atoms with Crippen LogP contribution in [0.3, 0.4) is 0 Å². The van der Waals surface area contributed by atoms with Gasteiger partial charge in [-0.2, -0.15) is 4.37 Å². The Morgan fingerprint density at radius 3 is 3.12 bits per heavy atom. The zero-order valence-corrected chi connectivity index (χ0v) is 12.0. The molecule has 0 aliphatic carbocycles. The summed E-state index contributed by atoms with van der Waals surface area (Å²) < 4.78 is 4.19. The monoisotopic (exact) mass is 272 g/mol. The van der Waals surface area contributed by atoms with Crippen molar-refractivity contribution in [2.24, 2.45) is 5.92 Å². The average molecular weight is 272 g/mol. The smallest absolute Gasteiger partial charge is 0.153 e. The molecule has 3 N–H and O–H groups in total. The fourth-order valence-electron chi connectivity index (χ4n) is 2.21. The van der Waals surface area contributed by atoms with Gasteiger partial charge in [-0.1, -0.05) is 6.92 Å². The number of aromatic nitrogens is 1. The molecule has 1 aliphatic rings. The van der Waals surface area contributed by atoms with E-state index in [1.165, 1.54) is 37.6 Å². The third-order valence-electron chi connectivity index (χ3n) is 3.25. The first-order valence-electron chi connectivity index (χ1n) is 6.00. The fourth-order valence-corrected chi connectivity index (χ4v) is 3.76. The second-order valence-electron chi connectivity index (χ2n) is 4.36. The summed E-state index contributed by atoms with van der Waals surface area (Å²) in [5.41, 5.74) is 5.81. The van der Waals surface area contributed by atoms with Gasteiger partial charge in [-0.3, -0.25) is 0 Å². The van der Waals surface area contributed by atoms with Crippen LogP contribution in [-0.4, -0.2) is 41.7 Å². The summed E-state index contributed by atoms with van der Waals surface area (Å²) in [6.45, 7) is 6.88. The van der Waals surface area contributed by atoms with Gasteiger partial charge in [0, 0.05) is 13.1 Å². The van der Waals surface area contributed by atoms with Gasteiger partial charge in [-0.05, 0) is 43.2 Å². The van der Waals surface area contributed by atoms with Gasteiger partial charge in [0.05, 0.1) is 4.90 Å². The Bertz CT molecular complexity index is 366. The lowest BCUT2D eigenvalue weighted by atomic mass is 10.1. The van der Waals surface area contributed by atoms with Crippen molar-refractivity contribution in [1.82, 2.24) is 9.27 Å². The summed E-state index contributed by atoms with van der Waals surface area (Å²) >= 11 is 3.14. The second kappa shape index (κ2) is 5.93. The number of thioether (sulfide) groups is 1. The predicted octanol–water partition coefficient (Wildman–Crippen LogP) is 2.20. The summed E-state index contributed by atoms with van der Waals surface area (Å²) in [6, 6.07) is 0. The molecule has 1 aromatic heterocycles. The van der Waals surface area contributed by atoms with Gasteiger partial charge in [-0.25, -0.2) is 0 Å². The quantitative estimate of drug-likeness (QED) is 0.805. The molecule has 0 radical (unpaired) electrons. The number of hydrogen-bond donors (Lipinski definition) is 2. The molecule has 96 valence electrons. The molecule has 1 fully saturated rings. The average Bonchev–Trinajstić information content (AvgIpc) is 2.92. The van der Waals surface area contributed by atoms with E-state index in [4.69, 9.17) is 5.73 Å². The number of nitrogens with one attached hydrogen (secondary N) is 1. The van der Waals surface area contributed by atoms with Crippen LogP contribution < -0.4 is 11.1 Å². The Morgan fingerprint density at radius 2 is 2.47 bits per heavy atom. The predicted molar refractivity (Wildman–Crippen MR) is 77.0 cm³/mol. The maximum atomic E-state index is 5.81. The van der Waals surface area contributed by atoms with Gasteiger partial charge in [0.15, 0.2) is 5.82 Å². The first-order valence-corrected chi connectivity index (χ1v) is 7.99. The van der Waals surface area contributed by atoms with Gasteiger partial charge in [0.2, 0.25) is 0 Å². The second-order valence-corrected chi connectivity index (χ2v) is 5.95. The molecule has 6 heteroatoms. The number of rotatable bonds is 5. The first-order chi connectivity index (χ1) is 8.24. The lowest BCUT2D eigenvalue weighted by Crippen LogP contribution is -2.22. The van der Waals surface area contributed by atoms with E-state index in [0.717, 1.165) is 22.4 Å². The highest BCUT2D eigenvalue weighted by molar-refractivity contribution is 7.99. The molecule has 0 bridgehead atoms. The van der Waals surface area contributed by atoms with E-state index in [-0.39, 0.29) is 0 Å². The van der Waals surface area contributed by atoms with E-state index in [0.29, 0.717) is 5.82 Å². The van der Waals surface area contributed by atoms with Gasteiger partial charge >= 0.3 is 0 Å². The molecule has 0 aromatic carbocycles. The van der Waals surface area contributed by atoms with Crippen molar-refractivity contribution < 1.29 is 0 Å². The molecule has 1 atom stereocenters. The van der Waals surface area contributed by atoms with Crippen LogP contribution in [0.25, 0.3) is 0 Å². The van der Waals surface area contributed by atoms with Gasteiger partial charge in [-0.15, -0.1) is 11.8 Å². The van der Waals surface area contributed by atoms with Crippen LogP contribution in [0, 0.1) is 5.92 Å². The number of nitrogen functional groups attached to an aromatic ring is 1. The highest BCUT2D eigenvalue weighted by Gasteiger charge is 2.21. The van der Waals surface area contributed by atoms with Gasteiger partial charge in [0.25, 0.3) is 0 Å². The number of anilines is 2. The molecule has 2 heterocycles. The molecule has 2 rings (SSSR count). The maximum absolute atomic E-state index is 5.81. The van der Waals surface area contributed by atoms with Crippen LogP contribution in [0.2, 0.25) is 0 Å². The topological polar surface area (TPSA) is 54.2 Å². The molecule has 17 heavy (non-hydrogen) atoms. The minimum atomic E-state index is 0.659. The Morgan fingerprint density at radius 1 is 1.65 bits per heavy atom. The summed E-state index contributed by atoms with van der Waals surface area (Å²) in [6.07, 6.45) is 3.34. The minimum Gasteiger partial charge on any atom is -0.382 e. The van der Waals surface area contributed by atoms with E-state index < -0.39 is 0 Å². The summed E-state index contributed by atoms with van der Waals surface area (Å²) in [5, 5.41) is 4.63. The highest BCUT2D eigenvalue weighted by Crippen LogP contribution is 2.34. The Kier molecular flexibility index (Phi) is 4.53. The van der Waals surface area contributed by atoms with Crippen molar-refractivity contribution in [2.75, 3.05) is 43.5 Å². The molecular formula is C11H20N4S2. The van der Waals surface area contributed by atoms with Crippen LogP contribution in [0.5, 0.6) is 0 Å². The first kappa shape index (κ1) is 13.0. The minimum absolute atomic E-state index is 0.659. The van der Waals surface area contributed by atoms with E-state index >= 15 is 0 Å². The molecule has 0 saturated carbocycles. The zero-order valence-electron chi connectivity index (χ0n) is 10.4. The van der Waals surface area contributed by atoms with Crippen LogP contribution in [0.1, 0.15) is 13.3 Å². The molecular weight excluding hydrogens is 252 g/mol. The number of nitrogens with two attached hydrogens (primary N) is 1. The maximum Gasteiger partial charge on any atom is 0.153 e. The van der Waals surface area contributed by atoms with Gasteiger partial charge < -0.3 is 16.0 Å². The Hall–Kier alpha value is -0.460.